The van der Waals surface area contributed by atoms with Crippen molar-refractivity contribution in [1.82, 2.24) is 19.2 Å². The average molecular weight is 425 g/mol. The normalized spacial score (nSPS) is 18.6. The van der Waals surface area contributed by atoms with E-state index in [2.05, 4.69) is 20.7 Å². The van der Waals surface area contributed by atoms with Crippen molar-refractivity contribution in [2.45, 2.75) is 51.7 Å². The van der Waals surface area contributed by atoms with E-state index in [0.717, 1.165) is 12.8 Å². The molecule has 3 aromatic rings. The van der Waals surface area contributed by atoms with Gasteiger partial charge >= 0.3 is 0 Å². The van der Waals surface area contributed by atoms with E-state index < -0.39 is 0 Å². The number of ketones is 1. The molecule has 0 spiro atoms. The van der Waals surface area contributed by atoms with E-state index in [0.29, 0.717) is 41.4 Å². The lowest BCUT2D eigenvalue weighted by atomic mass is 9.98. The number of hydrogen-bond donors (Lipinski definition) is 3. The van der Waals surface area contributed by atoms with Crippen LogP contribution in [-0.2, 0) is 0 Å². The lowest BCUT2D eigenvalue weighted by Gasteiger charge is -2.13. The molecule has 0 radical (unpaired) electrons. The third-order valence-corrected chi connectivity index (χ3v) is 5.81. The van der Waals surface area contributed by atoms with Gasteiger partial charge in [-0.05, 0) is 51.2 Å². The molecule has 1 unspecified atom stereocenters. The Balaban J connectivity index is 1.68. The first-order valence-electron chi connectivity index (χ1n) is 10.6. The minimum absolute atomic E-state index is 0.0331. The highest BCUT2D eigenvalue weighted by atomic mass is 16.3. The predicted octanol–water partition coefficient (Wildman–Crippen LogP) is 2.99. The Labute approximate surface area is 180 Å². The second-order valence-corrected chi connectivity index (χ2v) is 8.38. The molecule has 31 heavy (non-hydrogen) atoms. The number of Topliss-reactive ketones (excluding diaryl/α,β-unsaturated/α-hetero) is 1. The molecule has 0 saturated heterocycles. The van der Waals surface area contributed by atoms with Crippen molar-refractivity contribution in [2.75, 3.05) is 17.7 Å². The Morgan fingerprint density at radius 2 is 2.16 bits per heavy atom. The van der Waals surface area contributed by atoms with Crippen LogP contribution in [0.15, 0.2) is 35.4 Å². The maximum atomic E-state index is 13.0. The Hall–Kier alpha value is -3.20. The zero-order valence-corrected chi connectivity index (χ0v) is 18.0. The summed E-state index contributed by atoms with van der Waals surface area (Å²) in [5, 5.41) is 20.2. The topological polar surface area (TPSA) is 114 Å². The smallest absolute Gasteiger partial charge is 0.274 e. The number of aromatic nitrogens is 4. The molecule has 0 amide bonds. The SMILES string of the molecule is CNc1cc(Nc2cccn(C(C)C)c2=O)nc2c(C(=O)CC3CC[C@H](O)C3)cnn12. The summed E-state index contributed by atoms with van der Waals surface area (Å²) in [6.07, 6.45) is 5.59. The van der Waals surface area contributed by atoms with E-state index in [-0.39, 0.29) is 29.4 Å². The maximum absolute atomic E-state index is 13.0. The molecular weight excluding hydrogens is 396 g/mol. The van der Waals surface area contributed by atoms with Gasteiger partial charge in [0.15, 0.2) is 11.4 Å². The number of aliphatic hydroxyl groups excluding tert-OH is 1. The van der Waals surface area contributed by atoms with Crippen molar-refractivity contribution in [3.63, 3.8) is 0 Å². The molecule has 0 bridgehead atoms. The van der Waals surface area contributed by atoms with E-state index in [1.54, 1.807) is 34.5 Å². The summed E-state index contributed by atoms with van der Waals surface area (Å²) in [4.78, 5) is 30.3. The number of nitrogens with zero attached hydrogens (tertiary/aromatic N) is 4. The standard InChI is InChI=1S/C22H28N6O3/c1-13(2)27-8-4-5-17(22(27)31)25-19-11-20(23-3)28-21(26-19)16(12-24-28)18(30)10-14-6-7-15(29)9-14/h4-5,8,11-15,23,29H,6-7,9-10H2,1-3H3,(H,25,26)/t14?,15-/m0/s1. The van der Waals surface area contributed by atoms with E-state index in [4.69, 9.17) is 0 Å². The van der Waals surface area contributed by atoms with Crippen molar-refractivity contribution in [3.8, 4) is 0 Å². The zero-order chi connectivity index (χ0) is 22.1. The molecule has 1 saturated carbocycles. The minimum Gasteiger partial charge on any atom is -0.393 e. The number of hydrogen-bond acceptors (Lipinski definition) is 7. The molecule has 4 rings (SSSR count). The number of aliphatic hydroxyl groups is 1. The average Bonchev–Trinajstić information content (AvgIpc) is 3.34. The molecular formula is C22H28N6O3. The fraction of sp³-hybridized carbons (Fsp3) is 0.455. The number of fused-ring (bicyclic) bond motifs is 1. The first-order chi connectivity index (χ1) is 14.9. The predicted molar refractivity (Wildman–Crippen MR) is 119 cm³/mol. The summed E-state index contributed by atoms with van der Waals surface area (Å²) < 4.78 is 3.23. The van der Waals surface area contributed by atoms with Crippen molar-refractivity contribution in [1.29, 1.82) is 0 Å². The van der Waals surface area contributed by atoms with Crippen LogP contribution in [0.5, 0.6) is 0 Å². The van der Waals surface area contributed by atoms with Gasteiger partial charge in [0, 0.05) is 31.8 Å². The maximum Gasteiger partial charge on any atom is 0.274 e. The Bertz CT molecular complexity index is 1170. The van der Waals surface area contributed by atoms with E-state index >= 15 is 0 Å². The monoisotopic (exact) mass is 424 g/mol. The van der Waals surface area contributed by atoms with E-state index in [9.17, 15) is 14.7 Å². The molecule has 3 aromatic heterocycles. The fourth-order valence-electron chi connectivity index (χ4n) is 4.16. The second-order valence-electron chi connectivity index (χ2n) is 8.38. The van der Waals surface area contributed by atoms with Crippen LogP contribution in [0.1, 0.15) is 55.9 Å². The van der Waals surface area contributed by atoms with Crippen LogP contribution in [0.4, 0.5) is 17.3 Å². The van der Waals surface area contributed by atoms with Crippen molar-refractivity contribution in [2.24, 2.45) is 5.92 Å². The quantitative estimate of drug-likeness (QED) is 0.500. The van der Waals surface area contributed by atoms with Crippen LogP contribution in [0.2, 0.25) is 0 Å². The summed E-state index contributed by atoms with van der Waals surface area (Å²) in [5.74, 6) is 1.23. The van der Waals surface area contributed by atoms with Crippen LogP contribution >= 0.6 is 0 Å². The number of nitrogens with one attached hydrogen (secondary N) is 2. The van der Waals surface area contributed by atoms with E-state index in [1.165, 1.54) is 6.20 Å². The fourth-order valence-corrected chi connectivity index (χ4v) is 4.16. The Morgan fingerprint density at radius 1 is 1.35 bits per heavy atom. The molecule has 1 fully saturated rings. The van der Waals surface area contributed by atoms with Gasteiger partial charge in [0.25, 0.3) is 5.56 Å². The molecule has 1 aliphatic carbocycles. The molecule has 1 aliphatic rings. The van der Waals surface area contributed by atoms with Gasteiger partial charge in [-0.15, -0.1) is 0 Å². The van der Waals surface area contributed by atoms with E-state index in [1.807, 2.05) is 19.9 Å². The summed E-state index contributed by atoms with van der Waals surface area (Å²) in [7, 11) is 1.76. The number of pyridine rings is 1. The highest BCUT2D eigenvalue weighted by Crippen LogP contribution is 2.30. The Kier molecular flexibility index (Phi) is 5.77. The summed E-state index contributed by atoms with van der Waals surface area (Å²) in [6, 6.07) is 5.30. The molecule has 9 nitrogen and oxygen atoms in total. The van der Waals surface area contributed by atoms with Gasteiger partial charge in [-0.2, -0.15) is 9.61 Å². The second kappa shape index (κ2) is 8.50. The summed E-state index contributed by atoms with van der Waals surface area (Å²) in [5.41, 5.74) is 1.13. The van der Waals surface area contributed by atoms with Gasteiger partial charge in [-0.3, -0.25) is 9.59 Å². The van der Waals surface area contributed by atoms with Gasteiger partial charge in [0.1, 0.15) is 17.3 Å². The van der Waals surface area contributed by atoms with Crippen molar-refractivity contribution < 1.29 is 9.90 Å². The first-order valence-corrected chi connectivity index (χ1v) is 10.6. The third-order valence-electron chi connectivity index (χ3n) is 5.81. The van der Waals surface area contributed by atoms with Gasteiger partial charge in [-0.25, -0.2) is 4.98 Å². The van der Waals surface area contributed by atoms with Crippen LogP contribution in [0.25, 0.3) is 5.65 Å². The molecule has 9 heteroatoms. The minimum atomic E-state index is -0.313. The number of carbonyl (C=O) groups excluding carboxylic acids is 1. The van der Waals surface area contributed by atoms with Crippen LogP contribution in [0.3, 0.4) is 0 Å². The first kappa shape index (κ1) is 21.0. The largest absolute Gasteiger partial charge is 0.393 e. The molecule has 164 valence electrons. The van der Waals surface area contributed by atoms with Gasteiger partial charge < -0.3 is 20.3 Å². The van der Waals surface area contributed by atoms with Crippen LogP contribution in [-0.4, -0.2) is 43.2 Å². The lowest BCUT2D eigenvalue weighted by Crippen LogP contribution is -2.23. The highest BCUT2D eigenvalue weighted by Gasteiger charge is 2.27. The number of rotatable bonds is 7. The van der Waals surface area contributed by atoms with Crippen LogP contribution < -0.4 is 16.2 Å². The molecule has 0 aliphatic heterocycles. The van der Waals surface area contributed by atoms with Gasteiger partial charge in [0.05, 0.1) is 17.9 Å². The molecule has 2 atom stereocenters. The van der Waals surface area contributed by atoms with Gasteiger partial charge in [0.2, 0.25) is 0 Å². The number of anilines is 3. The Morgan fingerprint density at radius 3 is 2.84 bits per heavy atom. The van der Waals surface area contributed by atoms with Gasteiger partial charge in [-0.1, -0.05) is 0 Å². The third kappa shape index (κ3) is 4.18. The highest BCUT2D eigenvalue weighted by molar-refractivity contribution is 6.01. The number of carbonyl (C=O) groups is 1. The van der Waals surface area contributed by atoms with Crippen molar-refractivity contribution >= 4 is 28.8 Å². The zero-order valence-electron chi connectivity index (χ0n) is 18.0. The molecule has 3 N–H and O–H groups in total. The lowest BCUT2D eigenvalue weighted by molar-refractivity contribution is 0.0959. The summed E-state index contributed by atoms with van der Waals surface area (Å²) >= 11 is 0. The molecule has 3 heterocycles. The van der Waals surface area contributed by atoms with Crippen LogP contribution in [0, 0.1) is 5.92 Å². The summed E-state index contributed by atoms with van der Waals surface area (Å²) in [6.45, 7) is 3.89. The molecule has 0 aromatic carbocycles. The van der Waals surface area contributed by atoms with Crippen molar-refractivity contribution in [3.05, 3.63) is 46.5 Å².